The smallest absolute Gasteiger partial charge is 0.306 e. The van der Waals surface area contributed by atoms with Gasteiger partial charge in [0.2, 0.25) is 0 Å². The van der Waals surface area contributed by atoms with Crippen molar-refractivity contribution in [1.29, 1.82) is 0 Å². The Labute approximate surface area is 450 Å². The van der Waals surface area contributed by atoms with Crippen LogP contribution in [0.25, 0.3) is 0 Å². The number of allylic oxidation sites excluding steroid dienone is 2. The van der Waals surface area contributed by atoms with Gasteiger partial charge in [-0.2, -0.15) is 0 Å². The Morgan fingerprint density at radius 2 is 0.458 bits per heavy atom. The number of carbonyl (C=O) groups is 3. The van der Waals surface area contributed by atoms with Gasteiger partial charge in [0.05, 0.1) is 0 Å². The first-order valence-electron chi connectivity index (χ1n) is 32.7. The van der Waals surface area contributed by atoms with Gasteiger partial charge < -0.3 is 14.2 Å². The van der Waals surface area contributed by atoms with Gasteiger partial charge in [0.15, 0.2) is 6.10 Å². The van der Waals surface area contributed by atoms with E-state index in [-0.39, 0.29) is 31.1 Å². The third-order valence-electron chi connectivity index (χ3n) is 15.0. The SMILES string of the molecule is CCCCCCCC/C=C\CCCCCCCCCC(=O)OC(COC(=O)CCCCCCCCCCCCCCCCCCC)COC(=O)CCCCCCCCCCCCCCCCCCCCCC. The highest BCUT2D eigenvalue weighted by Gasteiger charge is 2.19. The molecule has 0 fully saturated rings. The van der Waals surface area contributed by atoms with E-state index >= 15 is 0 Å². The van der Waals surface area contributed by atoms with Crippen molar-refractivity contribution in [3.63, 3.8) is 0 Å². The maximum Gasteiger partial charge on any atom is 0.306 e. The summed E-state index contributed by atoms with van der Waals surface area (Å²) in [4.78, 5) is 38.3. The van der Waals surface area contributed by atoms with Gasteiger partial charge in [-0.25, -0.2) is 0 Å². The van der Waals surface area contributed by atoms with Gasteiger partial charge in [0, 0.05) is 19.3 Å². The predicted octanol–water partition coefficient (Wildman–Crippen LogP) is 22.1. The van der Waals surface area contributed by atoms with Gasteiger partial charge >= 0.3 is 17.9 Å². The van der Waals surface area contributed by atoms with Crippen LogP contribution in [0.4, 0.5) is 0 Å². The van der Waals surface area contributed by atoms with Crippen LogP contribution in [0.5, 0.6) is 0 Å². The summed E-state index contributed by atoms with van der Waals surface area (Å²) >= 11 is 0. The zero-order chi connectivity index (χ0) is 52.2. The quantitative estimate of drug-likeness (QED) is 0.0261. The molecule has 6 heteroatoms. The Balaban J connectivity index is 4.29. The van der Waals surface area contributed by atoms with Gasteiger partial charge in [-0.1, -0.05) is 322 Å². The molecular formula is C66H126O6. The minimum absolute atomic E-state index is 0.0651. The lowest BCUT2D eigenvalue weighted by atomic mass is 10.0. The highest BCUT2D eigenvalue weighted by atomic mass is 16.6. The van der Waals surface area contributed by atoms with Crippen molar-refractivity contribution in [2.45, 2.75) is 380 Å². The van der Waals surface area contributed by atoms with Crippen molar-refractivity contribution < 1.29 is 28.6 Å². The Kier molecular flexibility index (Phi) is 60.1. The molecule has 0 radical (unpaired) electrons. The largest absolute Gasteiger partial charge is 0.462 e. The van der Waals surface area contributed by atoms with Gasteiger partial charge in [0.25, 0.3) is 0 Å². The molecule has 0 rings (SSSR count). The lowest BCUT2D eigenvalue weighted by Crippen LogP contribution is -2.30. The van der Waals surface area contributed by atoms with E-state index in [0.29, 0.717) is 19.3 Å². The zero-order valence-electron chi connectivity index (χ0n) is 49.0. The fourth-order valence-corrected chi connectivity index (χ4v) is 10.1. The second-order valence-electron chi connectivity index (χ2n) is 22.4. The molecule has 6 nitrogen and oxygen atoms in total. The minimum Gasteiger partial charge on any atom is -0.462 e. The van der Waals surface area contributed by atoms with Crippen molar-refractivity contribution in [2.24, 2.45) is 0 Å². The predicted molar refractivity (Wildman–Crippen MR) is 312 cm³/mol. The molecule has 0 N–H and O–H groups in total. The maximum atomic E-state index is 12.9. The average Bonchev–Trinajstić information content (AvgIpc) is 3.38. The van der Waals surface area contributed by atoms with Gasteiger partial charge in [-0.15, -0.1) is 0 Å². The molecule has 0 heterocycles. The van der Waals surface area contributed by atoms with E-state index in [2.05, 4.69) is 32.9 Å². The van der Waals surface area contributed by atoms with Crippen LogP contribution < -0.4 is 0 Å². The maximum absolute atomic E-state index is 12.9. The molecule has 1 atom stereocenters. The summed E-state index contributed by atoms with van der Waals surface area (Å²) in [5.41, 5.74) is 0. The molecule has 1 unspecified atom stereocenters. The highest BCUT2D eigenvalue weighted by Crippen LogP contribution is 2.18. The standard InChI is InChI=1S/C66H126O6/c1-4-7-10-13-16-19-22-25-28-31-32-33-36-38-41-44-47-50-53-56-59-65(68)71-62-63(72-66(69)60-57-54-51-48-45-42-39-35-30-27-24-21-18-15-12-9-6-3)61-70-64(67)58-55-52-49-46-43-40-37-34-29-26-23-20-17-14-11-8-5-2/h27,30,63H,4-26,28-29,31-62H2,1-3H3/b30-27-. The summed E-state index contributed by atoms with van der Waals surface area (Å²) < 4.78 is 17.0. The van der Waals surface area contributed by atoms with Crippen LogP contribution in [0.15, 0.2) is 12.2 Å². The molecule has 0 amide bonds. The first-order chi connectivity index (χ1) is 35.5. The van der Waals surface area contributed by atoms with Gasteiger partial charge in [0.1, 0.15) is 13.2 Å². The lowest BCUT2D eigenvalue weighted by molar-refractivity contribution is -0.167. The summed E-state index contributed by atoms with van der Waals surface area (Å²) in [6, 6.07) is 0. The molecular weight excluding hydrogens is 889 g/mol. The van der Waals surface area contributed by atoms with E-state index in [0.717, 1.165) is 57.8 Å². The summed E-state index contributed by atoms with van der Waals surface area (Å²) in [6.45, 7) is 6.72. The van der Waals surface area contributed by atoms with E-state index in [1.54, 1.807) is 0 Å². The molecule has 0 saturated carbocycles. The lowest BCUT2D eigenvalue weighted by Gasteiger charge is -2.18. The van der Waals surface area contributed by atoms with Crippen molar-refractivity contribution in [3.05, 3.63) is 12.2 Å². The Hall–Kier alpha value is -1.85. The second kappa shape index (κ2) is 61.7. The van der Waals surface area contributed by atoms with Gasteiger partial charge in [-0.3, -0.25) is 14.4 Å². The van der Waals surface area contributed by atoms with Crippen LogP contribution in [0.3, 0.4) is 0 Å². The minimum atomic E-state index is -0.768. The molecule has 72 heavy (non-hydrogen) atoms. The van der Waals surface area contributed by atoms with Crippen LogP contribution in [0.2, 0.25) is 0 Å². The highest BCUT2D eigenvalue weighted by molar-refractivity contribution is 5.71. The van der Waals surface area contributed by atoms with Crippen molar-refractivity contribution >= 4 is 17.9 Å². The summed E-state index contributed by atoms with van der Waals surface area (Å²) in [5.74, 6) is -0.837. The van der Waals surface area contributed by atoms with E-state index in [1.807, 2.05) is 0 Å². The number of hydrogen-bond acceptors (Lipinski definition) is 6. The Morgan fingerprint density at radius 1 is 0.264 bits per heavy atom. The van der Waals surface area contributed by atoms with E-state index < -0.39 is 6.10 Å². The van der Waals surface area contributed by atoms with E-state index in [1.165, 1.54) is 276 Å². The number of esters is 3. The summed E-state index contributed by atoms with van der Waals surface area (Å²) in [7, 11) is 0. The molecule has 0 aliphatic rings. The Morgan fingerprint density at radius 3 is 0.694 bits per heavy atom. The van der Waals surface area contributed by atoms with E-state index in [4.69, 9.17) is 14.2 Å². The molecule has 0 saturated heterocycles. The van der Waals surface area contributed by atoms with E-state index in [9.17, 15) is 14.4 Å². The van der Waals surface area contributed by atoms with Crippen molar-refractivity contribution in [3.8, 4) is 0 Å². The number of ether oxygens (including phenoxy) is 3. The van der Waals surface area contributed by atoms with Crippen LogP contribution >= 0.6 is 0 Å². The van der Waals surface area contributed by atoms with Crippen molar-refractivity contribution in [1.82, 2.24) is 0 Å². The monoisotopic (exact) mass is 1010 g/mol. The molecule has 426 valence electrons. The molecule has 0 bridgehead atoms. The van der Waals surface area contributed by atoms with Crippen LogP contribution in [-0.4, -0.2) is 37.2 Å². The number of rotatable bonds is 61. The first-order valence-corrected chi connectivity index (χ1v) is 32.7. The number of carbonyl (C=O) groups excluding carboxylic acids is 3. The fourth-order valence-electron chi connectivity index (χ4n) is 10.1. The molecule has 0 aliphatic heterocycles. The normalized spacial score (nSPS) is 12.0. The van der Waals surface area contributed by atoms with Crippen LogP contribution in [-0.2, 0) is 28.6 Å². The van der Waals surface area contributed by atoms with Crippen LogP contribution in [0, 0.1) is 0 Å². The number of hydrogen-bond donors (Lipinski definition) is 0. The van der Waals surface area contributed by atoms with Crippen LogP contribution in [0.1, 0.15) is 374 Å². The molecule has 0 spiro atoms. The first kappa shape index (κ1) is 70.1. The molecule has 0 aromatic carbocycles. The summed E-state index contributed by atoms with van der Waals surface area (Å²) in [5, 5.41) is 0. The molecule has 0 aliphatic carbocycles. The number of unbranched alkanes of at least 4 members (excludes halogenated alkanes) is 48. The second-order valence-corrected chi connectivity index (χ2v) is 22.4. The average molecular weight is 1020 g/mol. The summed E-state index contributed by atoms with van der Waals surface area (Å²) in [6.07, 6.45) is 72.2. The topological polar surface area (TPSA) is 78.9 Å². The third kappa shape index (κ3) is 59.0. The van der Waals surface area contributed by atoms with Gasteiger partial charge in [-0.05, 0) is 44.9 Å². The molecule has 0 aromatic rings. The molecule has 0 aromatic heterocycles. The Bertz CT molecular complexity index is 1120. The zero-order valence-corrected chi connectivity index (χ0v) is 49.0. The third-order valence-corrected chi connectivity index (χ3v) is 15.0. The van der Waals surface area contributed by atoms with Crippen molar-refractivity contribution in [2.75, 3.05) is 13.2 Å². The fraction of sp³-hybridized carbons (Fsp3) is 0.924.